The predicted molar refractivity (Wildman–Crippen MR) is 94.2 cm³/mol. The van der Waals surface area contributed by atoms with Crippen molar-refractivity contribution in [2.24, 2.45) is 0 Å². The zero-order valence-corrected chi connectivity index (χ0v) is 16.1. The minimum atomic E-state index is -3.69. The van der Waals surface area contributed by atoms with Gasteiger partial charge in [-0.25, -0.2) is 8.42 Å². The summed E-state index contributed by atoms with van der Waals surface area (Å²) in [6.07, 6.45) is 0. The molecule has 1 saturated heterocycles. The summed E-state index contributed by atoms with van der Waals surface area (Å²) in [4.78, 5) is 6.39. The Morgan fingerprint density at radius 3 is 2.48 bits per heavy atom. The summed E-state index contributed by atoms with van der Waals surface area (Å²) >= 11 is 12.0. The Morgan fingerprint density at radius 2 is 1.88 bits per heavy atom. The molecular formula is C15H18Cl2N4O3S. The van der Waals surface area contributed by atoms with Gasteiger partial charge >= 0.3 is 0 Å². The molecule has 136 valence electrons. The number of hydrogen-bond donors (Lipinski definition) is 0. The fourth-order valence-electron chi connectivity index (χ4n) is 2.78. The molecule has 25 heavy (non-hydrogen) atoms. The van der Waals surface area contributed by atoms with Crippen LogP contribution in [0.15, 0.2) is 27.6 Å². The van der Waals surface area contributed by atoms with Crippen LogP contribution >= 0.6 is 23.2 Å². The lowest BCUT2D eigenvalue weighted by Gasteiger charge is -2.36. The number of nitrogens with zero attached hydrogens (tertiary/aromatic N) is 4. The first-order chi connectivity index (χ1) is 11.8. The van der Waals surface area contributed by atoms with Crippen LogP contribution < -0.4 is 0 Å². The van der Waals surface area contributed by atoms with Crippen LogP contribution in [0.2, 0.25) is 10.0 Å². The van der Waals surface area contributed by atoms with Gasteiger partial charge < -0.3 is 4.52 Å². The van der Waals surface area contributed by atoms with Crippen molar-refractivity contribution in [1.82, 2.24) is 19.3 Å². The molecule has 0 unspecified atom stereocenters. The second-order valence-electron chi connectivity index (χ2n) is 5.87. The van der Waals surface area contributed by atoms with Gasteiger partial charge in [-0.2, -0.15) is 9.29 Å². The van der Waals surface area contributed by atoms with E-state index in [4.69, 9.17) is 27.7 Å². The molecule has 0 radical (unpaired) electrons. The molecule has 0 saturated carbocycles. The van der Waals surface area contributed by atoms with Gasteiger partial charge in [0.25, 0.3) is 0 Å². The summed E-state index contributed by atoms with van der Waals surface area (Å²) in [5.41, 5.74) is 0. The van der Waals surface area contributed by atoms with Crippen molar-refractivity contribution < 1.29 is 12.9 Å². The Hall–Kier alpha value is -1.19. The van der Waals surface area contributed by atoms with E-state index in [-0.39, 0.29) is 16.0 Å². The van der Waals surface area contributed by atoms with Crippen molar-refractivity contribution in [2.75, 3.05) is 26.2 Å². The minimum absolute atomic E-state index is 0.0377. The van der Waals surface area contributed by atoms with Crippen LogP contribution in [0.1, 0.15) is 24.7 Å². The van der Waals surface area contributed by atoms with Gasteiger partial charge in [-0.3, -0.25) is 4.90 Å². The number of rotatable bonds is 4. The molecule has 0 bridgehead atoms. The summed E-state index contributed by atoms with van der Waals surface area (Å²) in [5.74, 6) is 1.12. The lowest BCUT2D eigenvalue weighted by atomic mass is 10.2. The fraction of sp³-hybridized carbons (Fsp3) is 0.467. The Balaban J connectivity index is 1.72. The number of sulfonamides is 1. The zero-order valence-electron chi connectivity index (χ0n) is 13.8. The second kappa shape index (κ2) is 7.20. The van der Waals surface area contributed by atoms with Crippen LogP contribution in [-0.4, -0.2) is 53.9 Å². The van der Waals surface area contributed by atoms with E-state index in [0.29, 0.717) is 42.9 Å². The van der Waals surface area contributed by atoms with Gasteiger partial charge in [0, 0.05) is 31.2 Å². The lowest BCUT2D eigenvalue weighted by Crippen LogP contribution is -2.49. The highest BCUT2D eigenvalue weighted by Gasteiger charge is 2.32. The molecule has 1 aliphatic rings. The molecule has 10 heteroatoms. The first-order valence-electron chi connectivity index (χ1n) is 7.78. The maximum absolute atomic E-state index is 12.8. The predicted octanol–water partition coefficient (Wildman–Crippen LogP) is 2.75. The number of aromatic nitrogens is 2. The highest BCUT2D eigenvalue weighted by molar-refractivity contribution is 7.89. The summed E-state index contributed by atoms with van der Waals surface area (Å²) in [5, 5.41) is 4.30. The second-order valence-corrected chi connectivity index (χ2v) is 8.62. The standard InChI is InChI=1S/C15H18Cl2N4O3S/c1-10(15-18-11(2)19-24-15)20-5-7-21(8-6-20)25(22,23)14-9-12(16)3-4-13(14)17/h3-4,9-10H,5-8H2,1-2H3/t10-/m1/s1. The number of hydrogen-bond acceptors (Lipinski definition) is 6. The Morgan fingerprint density at radius 1 is 1.20 bits per heavy atom. The van der Waals surface area contributed by atoms with E-state index in [9.17, 15) is 8.42 Å². The van der Waals surface area contributed by atoms with Gasteiger partial charge in [-0.05, 0) is 32.0 Å². The smallest absolute Gasteiger partial charge is 0.244 e. The van der Waals surface area contributed by atoms with Crippen molar-refractivity contribution >= 4 is 33.2 Å². The third-order valence-electron chi connectivity index (χ3n) is 4.23. The molecule has 0 spiro atoms. The summed E-state index contributed by atoms with van der Waals surface area (Å²) < 4.78 is 32.3. The number of halogens is 2. The van der Waals surface area contributed by atoms with E-state index in [2.05, 4.69) is 15.0 Å². The zero-order chi connectivity index (χ0) is 18.2. The molecule has 1 atom stereocenters. The van der Waals surface area contributed by atoms with Gasteiger partial charge in [-0.15, -0.1) is 0 Å². The van der Waals surface area contributed by atoms with Gasteiger partial charge in [0.1, 0.15) is 4.90 Å². The van der Waals surface area contributed by atoms with Crippen molar-refractivity contribution in [3.8, 4) is 0 Å². The molecule has 7 nitrogen and oxygen atoms in total. The molecule has 1 fully saturated rings. The van der Waals surface area contributed by atoms with Gasteiger partial charge in [0.05, 0.1) is 11.1 Å². The largest absolute Gasteiger partial charge is 0.338 e. The molecule has 0 aliphatic carbocycles. The van der Waals surface area contributed by atoms with Crippen molar-refractivity contribution in [3.63, 3.8) is 0 Å². The highest BCUT2D eigenvalue weighted by atomic mass is 35.5. The Labute approximate surface area is 156 Å². The maximum Gasteiger partial charge on any atom is 0.244 e. The highest BCUT2D eigenvalue weighted by Crippen LogP contribution is 2.29. The lowest BCUT2D eigenvalue weighted by molar-refractivity contribution is 0.124. The van der Waals surface area contributed by atoms with Crippen LogP contribution in [0, 0.1) is 6.92 Å². The third kappa shape index (κ3) is 3.83. The van der Waals surface area contributed by atoms with E-state index in [1.54, 1.807) is 13.0 Å². The van der Waals surface area contributed by atoms with Crippen LogP contribution in [0.3, 0.4) is 0 Å². The van der Waals surface area contributed by atoms with Crippen molar-refractivity contribution in [1.29, 1.82) is 0 Å². The fourth-order valence-corrected chi connectivity index (χ4v) is 4.94. The molecule has 1 aromatic heterocycles. The number of benzene rings is 1. The van der Waals surface area contributed by atoms with Crippen LogP contribution in [0.25, 0.3) is 0 Å². The van der Waals surface area contributed by atoms with Gasteiger partial charge in [0.15, 0.2) is 5.82 Å². The van der Waals surface area contributed by atoms with E-state index >= 15 is 0 Å². The normalized spacial score (nSPS) is 18.4. The molecule has 2 aromatic rings. The summed E-state index contributed by atoms with van der Waals surface area (Å²) in [6.45, 7) is 5.54. The first-order valence-corrected chi connectivity index (χ1v) is 9.98. The quantitative estimate of drug-likeness (QED) is 0.779. The Bertz CT molecular complexity index is 863. The van der Waals surface area contributed by atoms with Gasteiger partial charge in [0.2, 0.25) is 15.9 Å². The van der Waals surface area contributed by atoms with Crippen LogP contribution in [0.4, 0.5) is 0 Å². The average Bonchev–Trinajstić information content (AvgIpc) is 3.03. The molecule has 1 aromatic carbocycles. The van der Waals surface area contributed by atoms with Crippen molar-refractivity contribution in [2.45, 2.75) is 24.8 Å². The van der Waals surface area contributed by atoms with Gasteiger partial charge in [-0.1, -0.05) is 28.4 Å². The first kappa shape index (κ1) is 18.6. The number of piperazine rings is 1. The third-order valence-corrected chi connectivity index (χ3v) is 6.85. The molecule has 0 N–H and O–H groups in total. The number of aryl methyl sites for hydroxylation is 1. The van der Waals surface area contributed by atoms with Crippen LogP contribution in [0.5, 0.6) is 0 Å². The Kier molecular flexibility index (Phi) is 5.36. The monoisotopic (exact) mass is 404 g/mol. The van der Waals surface area contributed by atoms with E-state index in [1.807, 2.05) is 6.92 Å². The molecule has 2 heterocycles. The molecule has 3 rings (SSSR count). The van der Waals surface area contributed by atoms with Crippen LogP contribution in [-0.2, 0) is 10.0 Å². The maximum atomic E-state index is 12.8. The average molecular weight is 405 g/mol. The van der Waals surface area contributed by atoms with Crippen molar-refractivity contribution in [3.05, 3.63) is 40.0 Å². The summed E-state index contributed by atoms with van der Waals surface area (Å²) in [7, 11) is -3.69. The molecule has 0 amide bonds. The minimum Gasteiger partial charge on any atom is -0.338 e. The summed E-state index contributed by atoms with van der Waals surface area (Å²) in [6, 6.07) is 4.37. The van der Waals surface area contributed by atoms with E-state index < -0.39 is 10.0 Å². The van der Waals surface area contributed by atoms with E-state index in [1.165, 1.54) is 16.4 Å². The molecular weight excluding hydrogens is 387 g/mol. The molecule has 1 aliphatic heterocycles. The topological polar surface area (TPSA) is 79.5 Å². The SMILES string of the molecule is Cc1noc([C@@H](C)N2CCN(S(=O)(=O)c3cc(Cl)ccc3Cl)CC2)n1. The van der Waals surface area contributed by atoms with E-state index in [0.717, 1.165) is 0 Å².